The summed E-state index contributed by atoms with van der Waals surface area (Å²) in [6, 6.07) is 0. The van der Waals surface area contributed by atoms with Crippen molar-refractivity contribution in [1.82, 2.24) is 25.1 Å². The summed E-state index contributed by atoms with van der Waals surface area (Å²) in [5.41, 5.74) is 5.39. The monoisotopic (exact) mass is 191 g/mol. The topological polar surface area (TPSA) is 105 Å². The maximum atomic E-state index is 5.39. The lowest BCUT2D eigenvalue weighted by atomic mass is 10.5. The molecule has 0 spiro atoms. The van der Waals surface area contributed by atoms with Crippen molar-refractivity contribution in [2.24, 2.45) is 0 Å². The molecule has 0 radical (unpaired) electrons. The number of aromatic nitrogens is 5. The fourth-order valence-corrected chi connectivity index (χ4v) is 0.920. The molecule has 0 aliphatic heterocycles. The van der Waals surface area contributed by atoms with E-state index in [4.69, 9.17) is 5.73 Å². The Hall–Kier alpha value is -2.18. The normalized spacial score (nSPS) is 10.0. The van der Waals surface area contributed by atoms with E-state index in [9.17, 15) is 0 Å². The van der Waals surface area contributed by atoms with Crippen molar-refractivity contribution in [2.45, 2.75) is 6.54 Å². The van der Waals surface area contributed by atoms with Crippen molar-refractivity contribution in [3.05, 3.63) is 24.5 Å². The van der Waals surface area contributed by atoms with Crippen molar-refractivity contribution in [3.8, 4) is 0 Å². The summed E-state index contributed by atoms with van der Waals surface area (Å²) >= 11 is 0. The molecule has 4 N–H and O–H groups in total. The number of H-pyrrole nitrogens is 1. The molecule has 72 valence electrons. The summed E-state index contributed by atoms with van der Waals surface area (Å²) in [4.78, 5) is 11.8. The average Bonchev–Trinajstić information content (AvgIpc) is 2.70. The molecular weight excluding hydrogens is 182 g/mol. The Morgan fingerprint density at radius 3 is 2.86 bits per heavy atom. The predicted octanol–water partition coefficient (Wildman–Crippen LogP) is -0.211. The van der Waals surface area contributed by atoms with Gasteiger partial charge in [0.1, 0.15) is 23.8 Å². The molecule has 0 aliphatic rings. The molecule has 0 saturated heterocycles. The summed E-state index contributed by atoms with van der Waals surface area (Å²) < 4.78 is 0. The molecule has 0 aromatic carbocycles. The molecule has 0 saturated carbocycles. The van der Waals surface area contributed by atoms with Crippen LogP contribution in [0.2, 0.25) is 0 Å². The standard InChI is InChI=1S/C7H9N7/c8-5-1-10-6(2-9-5)11-3-7-12-4-13-14-7/h1-2,4H,3H2,(H2,8,9)(H,10,11)(H,12,13,14). The van der Waals surface area contributed by atoms with Gasteiger partial charge in [0, 0.05) is 0 Å². The first-order valence-electron chi connectivity index (χ1n) is 4.00. The zero-order chi connectivity index (χ0) is 9.80. The number of hydrogen-bond acceptors (Lipinski definition) is 6. The summed E-state index contributed by atoms with van der Waals surface area (Å²) in [6.45, 7) is 0.526. The first-order chi connectivity index (χ1) is 6.84. The third kappa shape index (κ3) is 1.94. The smallest absolute Gasteiger partial charge is 0.145 e. The quantitative estimate of drug-likeness (QED) is 0.619. The Kier molecular flexibility index (Phi) is 2.22. The fraction of sp³-hybridized carbons (Fsp3) is 0.143. The third-order valence-electron chi connectivity index (χ3n) is 1.57. The molecule has 0 unspecified atom stereocenters. The average molecular weight is 191 g/mol. The number of anilines is 2. The lowest BCUT2D eigenvalue weighted by Crippen LogP contribution is -2.04. The Labute approximate surface area is 79.8 Å². The number of nitrogen functional groups attached to an aromatic ring is 1. The minimum absolute atomic E-state index is 0.398. The van der Waals surface area contributed by atoms with E-state index in [1.165, 1.54) is 12.5 Å². The van der Waals surface area contributed by atoms with Crippen molar-refractivity contribution >= 4 is 11.6 Å². The van der Waals surface area contributed by atoms with E-state index in [2.05, 4.69) is 30.5 Å². The Bertz CT molecular complexity index is 379. The minimum Gasteiger partial charge on any atom is -0.382 e. The van der Waals surface area contributed by atoms with E-state index in [1.54, 1.807) is 6.20 Å². The first-order valence-corrected chi connectivity index (χ1v) is 4.00. The number of nitrogens with one attached hydrogen (secondary N) is 2. The van der Waals surface area contributed by atoms with E-state index in [-0.39, 0.29) is 0 Å². The third-order valence-corrected chi connectivity index (χ3v) is 1.57. The van der Waals surface area contributed by atoms with Gasteiger partial charge in [0.2, 0.25) is 0 Å². The van der Waals surface area contributed by atoms with Crippen LogP contribution in [0.1, 0.15) is 5.82 Å². The van der Waals surface area contributed by atoms with Crippen LogP contribution in [-0.4, -0.2) is 25.1 Å². The van der Waals surface area contributed by atoms with Crippen molar-refractivity contribution in [1.29, 1.82) is 0 Å². The van der Waals surface area contributed by atoms with E-state index < -0.39 is 0 Å². The van der Waals surface area contributed by atoms with E-state index >= 15 is 0 Å². The van der Waals surface area contributed by atoms with Gasteiger partial charge in [0.15, 0.2) is 0 Å². The van der Waals surface area contributed by atoms with Gasteiger partial charge in [-0.05, 0) is 0 Å². The highest BCUT2D eigenvalue weighted by Gasteiger charge is 1.96. The number of rotatable bonds is 3. The van der Waals surface area contributed by atoms with Gasteiger partial charge in [-0.25, -0.2) is 15.0 Å². The lowest BCUT2D eigenvalue weighted by molar-refractivity contribution is 0.945. The van der Waals surface area contributed by atoms with Crippen LogP contribution in [0.15, 0.2) is 18.7 Å². The van der Waals surface area contributed by atoms with Crippen LogP contribution in [-0.2, 0) is 6.54 Å². The van der Waals surface area contributed by atoms with Gasteiger partial charge in [-0.15, -0.1) is 0 Å². The number of nitrogens with zero attached hydrogens (tertiary/aromatic N) is 4. The first kappa shape index (κ1) is 8.42. The molecule has 14 heavy (non-hydrogen) atoms. The summed E-state index contributed by atoms with van der Waals surface area (Å²) in [7, 11) is 0. The maximum absolute atomic E-state index is 5.39. The van der Waals surface area contributed by atoms with Crippen LogP contribution in [0.25, 0.3) is 0 Å². The van der Waals surface area contributed by atoms with Crippen molar-refractivity contribution < 1.29 is 0 Å². The van der Waals surface area contributed by atoms with Crippen LogP contribution in [0.3, 0.4) is 0 Å². The number of nitrogens with two attached hydrogens (primary N) is 1. The van der Waals surface area contributed by atoms with E-state index in [0.717, 1.165) is 5.82 Å². The molecule has 0 fully saturated rings. The Morgan fingerprint density at radius 1 is 1.29 bits per heavy atom. The molecular formula is C7H9N7. The van der Waals surface area contributed by atoms with Crippen molar-refractivity contribution in [2.75, 3.05) is 11.1 Å². The second-order valence-corrected chi connectivity index (χ2v) is 2.61. The van der Waals surface area contributed by atoms with E-state index in [0.29, 0.717) is 18.2 Å². The molecule has 2 heterocycles. The zero-order valence-electron chi connectivity index (χ0n) is 7.31. The summed E-state index contributed by atoms with van der Waals surface area (Å²) in [5, 5.41) is 9.45. The number of aromatic amines is 1. The minimum atomic E-state index is 0.398. The SMILES string of the molecule is Nc1cnc(NCc2ncn[nH]2)cn1. The Morgan fingerprint density at radius 2 is 2.21 bits per heavy atom. The van der Waals surface area contributed by atoms with Crippen molar-refractivity contribution in [3.63, 3.8) is 0 Å². The maximum Gasteiger partial charge on any atom is 0.145 e. The summed E-state index contributed by atoms with van der Waals surface area (Å²) in [6.07, 6.45) is 4.50. The highest BCUT2D eigenvalue weighted by Crippen LogP contribution is 2.02. The summed E-state index contributed by atoms with van der Waals surface area (Å²) in [5.74, 6) is 1.79. The van der Waals surface area contributed by atoms with Gasteiger partial charge in [-0.1, -0.05) is 0 Å². The molecule has 2 rings (SSSR count). The Balaban J connectivity index is 1.95. The molecule has 0 aliphatic carbocycles. The molecule has 0 bridgehead atoms. The molecule has 2 aromatic rings. The van der Waals surface area contributed by atoms with E-state index in [1.807, 2.05) is 0 Å². The second kappa shape index (κ2) is 3.69. The lowest BCUT2D eigenvalue weighted by Gasteiger charge is -2.01. The van der Waals surface area contributed by atoms with Crippen LogP contribution in [0, 0.1) is 0 Å². The molecule has 7 nitrogen and oxygen atoms in total. The highest BCUT2D eigenvalue weighted by atomic mass is 15.2. The van der Waals surface area contributed by atoms with Gasteiger partial charge in [0.25, 0.3) is 0 Å². The second-order valence-electron chi connectivity index (χ2n) is 2.61. The van der Waals surface area contributed by atoms with Gasteiger partial charge in [0.05, 0.1) is 18.9 Å². The van der Waals surface area contributed by atoms with Gasteiger partial charge < -0.3 is 11.1 Å². The predicted molar refractivity (Wildman–Crippen MR) is 50.2 cm³/mol. The molecule has 0 amide bonds. The highest BCUT2D eigenvalue weighted by molar-refractivity contribution is 5.35. The van der Waals surface area contributed by atoms with Crippen LogP contribution in [0.4, 0.5) is 11.6 Å². The van der Waals surface area contributed by atoms with Gasteiger partial charge in [-0.3, -0.25) is 5.10 Å². The largest absolute Gasteiger partial charge is 0.382 e. The van der Waals surface area contributed by atoms with Gasteiger partial charge >= 0.3 is 0 Å². The van der Waals surface area contributed by atoms with Gasteiger partial charge in [-0.2, -0.15) is 5.10 Å². The van der Waals surface area contributed by atoms with Crippen LogP contribution >= 0.6 is 0 Å². The fourth-order valence-electron chi connectivity index (χ4n) is 0.920. The molecule has 7 heteroatoms. The molecule has 0 atom stereocenters. The zero-order valence-corrected chi connectivity index (χ0v) is 7.31. The molecule has 2 aromatic heterocycles. The van der Waals surface area contributed by atoms with Crippen LogP contribution < -0.4 is 11.1 Å². The number of hydrogen-bond donors (Lipinski definition) is 3. The van der Waals surface area contributed by atoms with Crippen LogP contribution in [0.5, 0.6) is 0 Å².